The first kappa shape index (κ1) is 21.7. The van der Waals surface area contributed by atoms with Gasteiger partial charge < -0.3 is 5.11 Å². The summed E-state index contributed by atoms with van der Waals surface area (Å²) in [5.41, 5.74) is 0. The Morgan fingerprint density at radius 3 is 2.04 bits per heavy atom. The summed E-state index contributed by atoms with van der Waals surface area (Å²) >= 11 is 0. The van der Waals surface area contributed by atoms with E-state index in [9.17, 15) is 5.11 Å². The molecule has 3 aliphatic rings. The molecule has 0 spiro atoms. The van der Waals surface area contributed by atoms with Crippen LogP contribution >= 0.6 is 0 Å². The highest BCUT2D eigenvalue weighted by atomic mass is 16.3. The van der Waals surface area contributed by atoms with Gasteiger partial charge in [-0.1, -0.05) is 78.1 Å². The Morgan fingerprint density at radius 2 is 1.30 bits per heavy atom. The van der Waals surface area contributed by atoms with Crippen LogP contribution in [0.15, 0.2) is 0 Å². The summed E-state index contributed by atoms with van der Waals surface area (Å²) in [6, 6.07) is 0. The van der Waals surface area contributed by atoms with Gasteiger partial charge in [0, 0.05) is 0 Å². The lowest BCUT2D eigenvalue weighted by molar-refractivity contribution is -0.0836. The van der Waals surface area contributed by atoms with Gasteiger partial charge in [-0.2, -0.15) is 0 Å². The molecule has 0 bridgehead atoms. The highest BCUT2D eigenvalue weighted by molar-refractivity contribution is 4.97. The predicted molar refractivity (Wildman–Crippen MR) is 117 cm³/mol. The number of aliphatic hydroxyl groups is 1. The van der Waals surface area contributed by atoms with Crippen LogP contribution in [0.1, 0.15) is 123 Å². The van der Waals surface area contributed by atoms with Crippen molar-refractivity contribution >= 4 is 0 Å². The van der Waals surface area contributed by atoms with Crippen molar-refractivity contribution < 1.29 is 5.11 Å². The average molecular weight is 377 g/mol. The monoisotopic (exact) mass is 376 g/mol. The Morgan fingerprint density at radius 1 is 0.630 bits per heavy atom. The van der Waals surface area contributed by atoms with Crippen molar-refractivity contribution in [3.63, 3.8) is 0 Å². The van der Waals surface area contributed by atoms with Gasteiger partial charge in [0.15, 0.2) is 0 Å². The van der Waals surface area contributed by atoms with Gasteiger partial charge in [0.1, 0.15) is 0 Å². The van der Waals surface area contributed by atoms with E-state index in [1.165, 1.54) is 109 Å². The van der Waals surface area contributed by atoms with Gasteiger partial charge in [0.25, 0.3) is 0 Å². The molecule has 0 saturated heterocycles. The van der Waals surface area contributed by atoms with E-state index in [-0.39, 0.29) is 6.10 Å². The van der Waals surface area contributed by atoms with Crippen LogP contribution in [-0.4, -0.2) is 11.2 Å². The van der Waals surface area contributed by atoms with Crippen molar-refractivity contribution in [3.8, 4) is 0 Å². The van der Waals surface area contributed by atoms with Gasteiger partial charge >= 0.3 is 0 Å². The minimum atomic E-state index is 0.0260. The zero-order valence-corrected chi connectivity index (χ0v) is 18.5. The second-order valence-electron chi connectivity index (χ2n) is 10.5. The van der Waals surface area contributed by atoms with E-state index in [2.05, 4.69) is 13.8 Å². The molecule has 0 aromatic rings. The molecule has 0 radical (unpaired) electrons. The van der Waals surface area contributed by atoms with Crippen LogP contribution in [0.3, 0.4) is 0 Å². The van der Waals surface area contributed by atoms with Crippen LogP contribution in [0.5, 0.6) is 0 Å². The Bertz CT molecular complexity index is 405. The van der Waals surface area contributed by atoms with E-state index in [0.717, 1.165) is 23.7 Å². The Hall–Kier alpha value is -0.0400. The maximum Gasteiger partial charge on any atom is 0.0599 e. The molecule has 1 heteroatoms. The van der Waals surface area contributed by atoms with E-state index in [4.69, 9.17) is 0 Å². The summed E-state index contributed by atoms with van der Waals surface area (Å²) in [6.45, 7) is 4.61. The first-order valence-corrected chi connectivity index (χ1v) is 12.9. The van der Waals surface area contributed by atoms with E-state index < -0.39 is 0 Å². The SMILES string of the molecule is CCCCCC[C@@H]1CCC2C(CCC3C2CC[C@H](CCCCCC)C3O)C1. The van der Waals surface area contributed by atoms with E-state index in [1.54, 1.807) is 0 Å². The first-order valence-electron chi connectivity index (χ1n) is 12.9. The Kier molecular flexibility index (Phi) is 9.01. The number of rotatable bonds is 10. The molecule has 3 rings (SSSR count). The average Bonchev–Trinajstić information content (AvgIpc) is 2.69. The summed E-state index contributed by atoms with van der Waals surface area (Å²) in [5, 5.41) is 11.1. The maximum atomic E-state index is 11.1. The third kappa shape index (κ3) is 5.74. The predicted octanol–water partition coefficient (Wildman–Crippen LogP) is 7.76. The van der Waals surface area contributed by atoms with E-state index in [1.807, 2.05) is 0 Å². The summed E-state index contributed by atoms with van der Waals surface area (Å²) in [5.74, 6) is 5.13. The van der Waals surface area contributed by atoms with Gasteiger partial charge in [-0.05, 0) is 80.5 Å². The standard InChI is InChI=1S/C26H48O/c1-3-5-7-9-11-20-13-16-23-22(19-20)15-18-25-24(23)17-14-21(26(25)27)12-10-8-6-4-2/h20-27H,3-19H2,1-2H3/t20-,21+,22?,23?,24?,25?,26?/m1/s1. The minimum Gasteiger partial charge on any atom is -0.393 e. The molecule has 5 unspecified atom stereocenters. The number of aliphatic hydroxyl groups excluding tert-OH is 1. The normalized spacial score (nSPS) is 39.0. The Balaban J connectivity index is 1.45. The van der Waals surface area contributed by atoms with Gasteiger partial charge in [-0.15, -0.1) is 0 Å². The van der Waals surface area contributed by atoms with Crippen LogP contribution in [0, 0.1) is 35.5 Å². The molecule has 0 aromatic heterocycles. The maximum absolute atomic E-state index is 11.1. The molecule has 0 aromatic carbocycles. The van der Waals surface area contributed by atoms with Gasteiger partial charge in [-0.25, -0.2) is 0 Å². The number of unbranched alkanes of at least 4 members (excludes halogenated alkanes) is 6. The molecule has 3 saturated carbocycles. The third-order valence-electron chi connectivity index (χ3n) is 8.81. The largest absolute Gasteiger partial charge is 0.393 e. The summed E-state index contributed by atoms with van der Waals surface area (Å²) in [4.78, 5) is 0. The molecular formula is C26H48O. The molecule has 1 N–H and O–H groups in total. The van der Waals surface area contributed by atoms with Crippen LogP contribution in [0.2, 0.25) is 0 Å². The molecule has 7 atom stereocenters. The second-order valence-corrected chi connectivity index (χ2v) is 10.5. The molecule has 0 heterocycles. The van der Waals surface area contributed by atoms with Crippen molar-refractivity contribution in [2.45, 2.75) is 129 Å². The number of hydrogen-bond acceptors (Lipinski definition) is 1. The quantitative estimate of drug-likeness (QED) is 0.386. The zero-order chi connectivity index (χ0) is 19.1. The molecule has 0 aliphatic heterocycles. The molecule has 3 aliphatic carbocycles. The highest BCUT2D eigenvalue weighted by Gasteiger charge is 2.47. The molecule has 0 amide bonds. The van der Waals surface area contributed by atoms with Crippen molar-refractivity contribution in [2.24, 2.45) is 35.5 Å². The number of fused-ring (bicyclic) bond motifs is 3. The van der Waals surface area contributed by atoms with Gasteiger partial charge in [-0.3, -0.25) is 0 Å². The van der Waals surface area contributed by atoms with Crippen LogP contribution in [-0.2, 0) is 0 Å². The first-order chi connectivity index (χ1) is 13.2. The summed E-state index contributed by atoms with van der Waals surface area (Å²) in [6.07, 6.45) is 24.0. The smallest absolute Gasteiger partial charge is 0.0599 e. The van der Waals surface area contributed by atoms with Crippen molar-refractivity contribution in [2.75, 3.05) is 0 Å². The lowest BCUT2D eigenvalue weighted by Gasteiger charge is -2.52. The number of hydrogen-bond donors (Lipinski definition) is 1. The van der Waals surface area contributed by atoms with Crippen molar-refractivity contribution in [3.05, 3.63) is 0 Å². The highest BCUT2D eigenvalue weighted by Crippen LogP contribution is 2.54. The zero-order valence-electron chi connectivity index (χ0n) is 18.5. The molecular weight excluding hydrogens is 328 g/mol. The van der Waals surface area contributed by atoms with E-state index in [0.29, 0.717) is 11.8 Å². The minimum absolute atomic E-state index is 0.0260. The Labute approximate surface area is 170 Å². The van der Waals surface area contributed by atoms with Gasteiger partial charge in [0.2, 0.25) is 0 Å². The van der Waals surface area contributed by atoms with Crippen molar-refractivity contribution in [1.29, 1.82) is 0 Å². The molecule has 3 fully saturated rings. The molecule has 27 heavy (non-hydrogen) atoms. The van der Waals surface area contributed by atoms with E-state index >= 15 is 0 Å². The lowest BCUT2D eigenvalue weighted by atomic mass is 9.54. The fourth-order valence-corrected chi connectivity index (χ4v) is 7.27. The van der Waals surface area contributed by atoms with Crippen molar-refractivity contribution in [1.82, 2.24) is 0 Å². The second kappa shape index (κ2) is 11.2. The fourth-order valence-electron chi connectivity index (χ4n) is 7.27. The summed E-state index contributed by atoms with van der Waals surface area (Å²) < 4.78 is 0. The van der Waals surface area contributed by atoms with Crippen LogP contribution < -0.4 is 0 Å². The lowest BCUT2D eigenvalue weighted by Crippen LogP contribution is -2.48. The summed E-state index contributed by atoms with van der Waals surface area (Å²) in [7, 11) is 0. The van der Waals surface area contributed by atoms with Crippen LogP contribution in [0.4, 0.5) is 0 Å². The van der Waals surface area contributed by atoms with Gasteiger partial charge in [0.05, 0.1) is 6.10 Å². The molecule has 158 valence electrons. The molecule has 1 nitrogen and oxygen atoms in total. The third-order valence-corrected chi connectivity index (χ3v) is 8.81. The fraction of sp³-hybridized carbons (Fsp3) is 1.00. The topological polar surface area (TPSA) is 20.2 Å². The van der Waals surface area contributed by atoms with Crippen LogP contribution in [0.25, 0.3) is 0 Å².